The van der Waals surface area contributed by atoms with Gasteiger partial charge >= 0.3 is 0 Å². The maximum Gasteiger partial charge on any atom is 0.229 e. The SMILES string of the molecule is Cn1nnnc1-c1cc(C#N)cc(Nc2ncc(F)c(NC3CC(C)(C)NC(C)(C)C3)n2)c1. The zero-order valence-corrected chi connectivity index (χ0v) is 19.3. The Morgan fingerprint density at radius 1 is 1.18 bits per heavy atom. The van der Waals surface area contributed by atoms with Gasteiger partial charge in [-0.15, -0.1) is 5.10 Å². The van der Waals surface area contributed by atoms with E-state index in [9.17, 15) is 9.65 Å². The lowest BCUT2D eigenvalue weighted by molar-refractivity contribution is 0.170. The average Bonchev–Trinajstić information content (AvgIpc) is 3.14. The van der Waals surface area contributed by atoms with Crippen LogP contribution < -0.4 is 16.0 Å². The van der Waals surface area contributed by atoms with Crippen LogP contribution in [-0.2, 0) is 7.05 Å². The van der Waals surface area contributed by atoms with E-state index in [0.29, 0.717) is 22.6 Å². The van der Waals surface area contributed by atoms with Gasteiger partial charge in [-0.3, -0.25) is 0 Å². The predicted octanol–water partition coefficient (Wildman–Crippen LogP) is 3.14. The quantitative estimate of drug-likeness (QED) is 0.537. The summed E-state index contributed by atoms with van der Waals surface area (Å²) in [6, 6.07) is 7.30. The van der Waals surface area contributed by atoms with E-state index in [4.69, 9.17) is 0 Å². The van der Waals surface area contributed by atoms with E-state index in [1.165, 1.54) is 4.68 Å². The molecule has 10 nitrogen and oxygen atoms in total. The van der Waals surface area contributed by atoms with Gasteiger partial charge in [-0.05, 0) is 69.2 Å². The van der Waals surface area contributed by atoms with Crippen LogP contribution in [0.3, 0.4) is 0 Å². The molecule has 0 atom stereocenters. The summed E-state index contributed by atoms with van der Waals surface area (Å²) in [5.74, 6) is 0.337. The molecule has 0 unspecified atom stereocenters. The molecule has 11 heteroatoms. The summed E-state index contributed by atoms with van der Waals surface area (Å²) in [6.45, 7) is 8.55. The molecule has 0 aliphatic carbocycles. The number of halogens is 1. The van der Waals surface area contributed by atoms with Crippen LogP contribution in [0, 0.1) is 17.1 Å². The molecule has 0 saturated carbocycles. The van der Waals surface area contributed by atoms with Crippen molar-refractivity contribution in [3.8, 4) is 17.5 Å². The molecule has 1 aromatic carbocycles. The van der Waals surface area contributed by atoms with Crippen LogP contribution >= 0.6 is 0 Å². The van der Waals surface area contributed by atoms with Crippen LogP contribution in [0.25, 0.3) is 11.4 Å². The number of tetrazole rings is 1. The van der Waals surface area contributed by atoms with Crippen molar-refractivity contribution in [2.45, 2.75) is 57.7 Å². The maximum atomic E-state index is 14.6. The predicted molar refractivity (Wildman–Crippen MR) is 122 cm³/mol. The Morgan fingerprint density at radius 2 is 1.91 bits per heavy atom. The molecule has 3 N–H and O–H groups in total. The second kappa shape index (κ2) is 8.37. The van der Waals surface area contributed by atoms with E-state index in [-0.39, 0.29) is 28.9 Å². The number of hydrogen-bond donors (Lipinski definition) is 3. The highest BCUT2D eigenvalue weighted by Gasteiger charge is 2.38. The molecule has 0 bridgehead atoms. The molecular formula is C22H27FN10. The molecule has 1 aliphatic rings. The molecule has 2 aromatic heterocycles. The van der Waals surface area contributed by atoms with Gasteiger partial charge in [-0.2, -0.15) is 10.2 Å². The molecule has 0 spiro atoms. The lowest BCUT2D eigenvalue weighted by atomic mass is 9.79. The first-order valence-corrected chi connectivity index (χ1v) is 10.7. The number of nitrogens with zero attached hydrogens (tertiary/aromatic N) is 7. The van der Waals surface area contributed by atoms with Crippen molar-refractivity contribution in [2.24, 2.45) is 7.05 Å². The Labute approximate surface area is 191 Å². The van der Waals surface area contributed by atoms with E-state index >= 15 is 0 Å². The highest BCUT2D eigenvalue weighted by atomic mass is 19.1. The lowest BCUT2D eigenvalue weighted by Gasteiger charge is -2.46. The fourth-order valence-corrected chi connectivity index (χ4v) is 4.64. The number of benzene rings is 1. The summed E-state index contributed by atoms with van der Waals surface area (Å²) in [6.07, 6.45) is 2.78. The minimum atomic E-state index is -0.522. The van der Waals surface area contributed by atoms with Crippen molar-refractivity contribution >= 4 is 17.5 Å². The molecular weight excluding hydrogens is 423 g/mol. The summed E-state index contributed by atoms with van der Waals surface area (Å²) >= 11 is 0. The highest BCUT2D eigenvalue weighted by molar-refractivity contribution is 5.68. The molecule has 172 valence electrons. The van der Waals surface area contributed by atoms with Crippen LogP contribution in [0.2, 0.25) is 0 Å². The van der Waals surface area contributed by atoms with Gasteiger partial charge in [0.2, 0.25) is 5.95 Å². The van der Waals surface area contributed by atoms with Gasteiger partial charge in [0.1, 0.15) is 0 Å². The average molecular weight is 451 g/mol. The third kappa shape index (κ3) is 5.23. The van der Waals surface area contributed by atoms with Crippen molar-refractivity contribution in [1.29, 1.82) is 5.26 Å². The fraction of sp³-hybridized carbons (Fsp3) is 0.455. The van der Waals surface area contributed by atoms with Crippen molar-refractivity contribution in [3.63, 3.8) is 0 Å². The Kier molecular flexibility index (Phi) is 5.71. The van der Waals surface area contributed by atoms with Gasteiger partial charge in [-0.1, -0.05) is 0 Å². The van der Waals surface area contributed by atoms with Gasteiger partial charge in [0, 0.05) is 35.4 Å². The van der Waals surface area contributed by atoms with E-state index in [2.05, 4.69) is 75.2 Å². The van der Waals surface area contributed by atoms with Crippen molar-refractivity contribution < 1.29 is 4.39 Å². The number of aryl methyl sites for hydroxylation is 1. The number of hydrogen-bond acceptors (Lipinski definition) is 9. The Balaban J connectivity index is 1.59. The summed E-state index contributed by atoms with van der Waals surface area (Å²) in [4.78, 5) is 8.44. The van der Waals surface area contributed by atoms with Gasteiger partial charge in [0.15, 0.2) is 17.5 Å². The minimum Gasteiger partial charge on any atom is -0.365 e. The lowest BCUT2D eigenvalue weighted by Crippen LogP contribution is -2.60. The number of anilines is 3. The number of nitrogens with one attached hydrogen (secondary N) is 3. The number of nitriles is 1. The van der Waals surface area contributed by atoms with Crippen LogP contribution in [-0.4, -0.2) is 47.3 Å². The van der Waals surface area contributed by atoms with Crippen molar-refractivity contribution in [2.75, 3.05) is 10.6 Å². The molecule has 1 saturated heterocycles. The molecule has 1 aliphatic heterocycles. The first-order chi connectivity index (χ1) is 15.5. The van der Waals surface area contributed by atoms with Crippen LogP contribution in [0.4, 0.5) is 21.8 Å². The largest absolute Gasteiger partial charge is 0.365 e. The summed E-state index contributed by atoms with van der Waals surface area (Å²) in [5.41, 5.74) is 1.45. The Bertz CT molecular complexity index is 1190. The topological polar surface area (TPSA) is 129 Å². The normalized spacial score (nSPS) is 17.4. The second-order valence-corrected chi connectivity index (χ2v) is 9.69. The van der Waals surface area contributed by atoms with Crippen LogP contribution in [0.5, 0.6) is 0 Å². The standard InChI is InChI=1S/C22H27FN10/c1-21(2)9-16(10-22(3,4)30-21)26-18-17(23)12-25-20(28-18)27-15-7-13(11-24)6-14(8-15)19-29-31-32-33(19)5/h6-8,12,16,30H,9-10H2,1-5H3,(H2,25,26,27,28). The number of rotatable bonds is 5. The van der Waals surface area contributed by atoms with Crippen LogP contribution in [0.15, 0.2) is 24.4 Å². The van der Waals surface area contributed by atoms with E-state index in [1.807, 2.05) is 0 Å². The highest BCUT2D eigenvalue weighted by Crippen LogP contribution is 2.31. The zero-order valence-electron chi connectivity index (χ0n) is 19.3. The third-order valence-corrected chi connectivity index (χ3v) is 5.47. The third-order valence-electron chi connectivity index (χ3n) is 5.47. The molecule has 3 aromatic rings. The van der Waals surface area contributed by atoms with E-state index < -0.39 is 5.82 Å². The van der Waals surface area contributed by atoms with Gasteiger partial charge in [0.05, 0.1) is 17.8 Å². The van der Waals surface area contributed by atoms with Gasteiger partial charge in [-0.25, -0.2) is 14.1 Å². The number of aromatic nitrogens is 6. The first-order valence-electron chi connectivity index (χ1n) is 10.7. The summed E-state index contributed by atoms with van der Waals surface area (Å²) in [7, 11) is 1.71. The van der Waals surface area contributed by atoms with E-state index in [0.717, 1.165) is 19.0 Å². The zero-order chi connectivity index (χ0) is 23.8. The van der Waals surface area contributed by atoms with Crippen LogP contribution in [0.1, 0.15) is 46.1 Å². The molecule has 0 amide bonds. The second-order valence-electron chi connectivity index (χ2n) is 9.69. The minimum absolute atomic E-state index is 0.0467. The van der Waals surface area contributed by atoms with Crippen molar-refractivity contribution in [3.05, 3.63) is 35.8 Å². The van der Waals surface area contributed by atoms with Gasteiger partial charge in [0.25, 0.3) is 0 Å². The molecule has 3 heterocycles. The summed E-state index contributed by atoms with van der Waals surface area (Å²) < 4.78 is 16.1. The molecule has 33 heavy (non-hydrogen) atoms. The Morgan fingerprint density at radius 3 is 2.55 bits per heavy atom. The smallest absolute Gasteiger partial charge is 0.229 e. The fourth-order valence-electron chi connectivity index (χ4n) is 4.64. The van der Waals surface area contributed by atoms with E-state index in [1.54, 1.807) is 25.2 Å². The summed E-state index contributed by atoms with van der Waals surface area (Å²) in [5, 5.41) is 30.9. The van der Waals surface area contributed by atoms with Crippen molar-refractivity contribution in [1.82, 2.24) is 35.5 Å². The maximum absolute atomic E-state index is 14.6. The number of piperidine rings is 1. The first kappa shape index (κ1) is 22.5. The molecule has 4 rings (SSSR count). The molecule has 1 fully saturated rings. The molecule has 0 radical (unpaired) electrons. The Hall–Kier alpha value is -3.65. The monoisotopic (exact) mass is 450 g/mol. The van der Waals surface area contributed by atoms with Gasteiger partial charge < -0.3 is 16.0 Å².